The van der Waals surface area contributed by atoms with E-state index in [1.54, 1.807) is 22.8 Å². The summed E-state index contributed by atoms with van der Waals surface area (Å²) >= 11 is 0. The molecule has 2 amide bonds. The Morgan fingerprint density at radius 3 is 2.24 bits per heavy atom. The first-order chi connectivity index (χ1) is 16.0. The molecular weight excluding hydrogens is 414 g/mol. The second-order valence-electron chi connectivity index (χ2n) is 7.83. The van der Waals surface area contributed by atoms with Crippen molar-refractivity contribution < 1.29 is 9.59 Å². The third-order valence-corrected chi connectivity index (χ3v) is 5.38. The van der Waals surface area contributed by atoms with Gasteiger partial charge >= 0.3 is 0 Å². The highest BCUT2D eigenvalue weighted by Gasteiger charge is 2.26. The summed E-state index contributed by atoms with van der Waals surface area (Å²) in [6, 6.07) is 25.9. The molecule has 0 aliphatic carbocycles. The van der Waals surface area contributed by atoms with Crippen LogP contribution in [0.15, 0.2) is 91.1 Å². The zero-order valence-electron chi connectivity index (χ0n) is 18.6. The van der Waals surface area contributed by atoms with Crippen LogP contribution >= 0.6 is 0 Å². The standard InChI is InChI=1S/C26H25N5O2/c1-19-13-15-22(16-14-19)31-18-24(28-29-31)25(32)27-23(17-20-9-5-3-6-10-20)26(33)30(2)21-11-7-4-8-12-21/h3-16,18,23H,17H2,1-2H3,(H,27,32)/t23-/m0/s1. The lowest BCUT2D eigenvalue weighted by Crippen LogP contribution is -2.48. The predicted octanol–water partition coefficient (Wildman–Crippen LogP) is 3.58. The molecule has 0 bridgehead atoms. The molecular formula is C26H25N5O2. The Kier molecular flexibility index (Phi) is 6.59. The maximum Gasteiger partial charge on any atom is 0.274 e. The largest absolute Gasteiger partial charge is 0.338 e. The zero-order valence-corrected chi connectivity index (χ0v) is 18.6. The fraction of sp³-hybridized carbons (Fsp3) is 0.154. The summed E-state index contributed by atoms with van der Waals surface area (Å²) in [6.45, 7) is 2.00. The Morgan fingerprint density at radius 1 is 0.939 bits per heavy atom. The summed E-state index contributed by atoms with van der Waals surface area (Å²) in [5, 5.41) is 10.9. The zero-order chi connectivity index (χ0) is 23.2. The minimum Gasteiger partial charge on any atom is -0.338 e. The van der Waals surface area contributed by atoms with Crippen LogP contribution in [0, 0.1) is 6.92 Å². The molecule has 0 aliphatic rings. The normalized spacial score (nSPS) is 11.6. The van der Waals surface area contributed by atoms with Crippen molar-refractivity contribution in [1.82, 2.24) is 20.3 Å². The number of benzene rings is 3. The minimum atomic E-state index is -0.769. The Labute approximate surface area is 192 Å². The fourth-order valence-corrected chi connectivity index (χ4v) is 3.49. The van der Waals surface area contributed by atoms with Gasteiger partial charge in [0.25, 0.3) is 5.91 Å². The van der Waals surface area contributed by atoms with E-state index in [0.29, 0.717) is 6.42 Å². The molecule has 3 aromatic carbocycles. The third kappa shape index (κ3) is 5.33. The summed E-state index contributed by atoms with van der Waals surface area (Å²) in [5.74, 6) is -0.673. The monoisotopic (exact) mass is 439 g/mol. The van der Waals surface area contributed by atoms with Crippen molar-refractivity contribution in [2.24, 2.45) is 0 Å². The lowest BCUT2D eigenvalue weighted by Gasteiger charge is -2.24. The fourth-order valence-electron chi connectivity index (χ4n) is 3.49. The molecule has 0 fully saturated rings. The summed E-state index contributed by atoms with van der Waals surface area (Å²) < 4.78 is 1.54. The van der Waals surface area contributed by atoms with Gasteiger partial charge in [-0.25, -0.2) is 4.68 Å². The lowest BCUT2D eigenvalue weighted by molar-refractivity contribution is -0.120. The van der Waals surface area contributed by atoms with E-state index in [1.165, 1.54) is 0 Å². The van der Waals surface area contributed by atoms with Crippen LogP contribution < -0.4 is 10.2 Å². The Bertz CT molecular complexity index is 1220. The van der Waals surface area contributed by atoms with Gasteiger partial charge in [0.1, 0.15) is 6.04 Å². The van der Waals surface area contributed by atoms with Crippen LogP contribution in [0.25, 0.3) is 5.69 Å². The SMILES string of the molecule is Cc1ccc(-n2cc(C(=O)N[C@@H](Cc3ccccc3)C(=O)N(C)c3ccccc3)nn2)cc1. The molecule has 1 aromatic heterocycles. The van der Waals surface area contributed by atoms with Crippen molar-refractivity contribution in [3.63, 3.8) is 0 Å². The van der Waals surface area contributed by atoms with Gasteiger partial charge in [-0.1, -0.05) is 71.4 Å². The first-order valence-corrected chi connectivity index (χ1v) is 10.7. The van der Waals surface area contributed by atoms with Crippen molar-refractivity contribution in [2.75, 3.05) is 11.9 Å². The van der Waals surface area contributed by atoms with E-state index < -0.39 is 11.9 Å². The number of para-hydroxylation sites is 1. The molecule has 0 unspecified atom stereocenters. The van der Waals surface area contributed by atoms with Gasteiger partial charge < -0.3 is 10.2 Å². The van der Waals surface area contributed by atoms with E-state index in [1.807, 2.05) is 91.9 Å². The quantitative estimate of drug-likeness (QED) is 0.477. The molecule has 0 saturated heterocycles. The molecule has 166 valence electrons. The highest BCUT2D eigenvalue weighted by molar-refractivity contribution is 6.01. The predicted molar refractivity (Wildman–Crippen MR) is 127 cm³/mol. The number of hydrogen-bond acceptors (Lipinski definition) is 4. The van der Waals surface area contributed by atoms with Crippen molar-refractivity contribution in [3.05, 3.63) is 108 Å². The molecule has 1 heterocycles. The molecule has 7 heteroatoms. The molecule has 0 saturated carbocycles. The van der Waals surface area contributed by atoms with Crippen LogP contribution in [0.4, 0.5) is 5.69 Å². The second kappa shape index (κ2) is 9.91. The number of nitrogens with zero attached hydrogens (tertiary/aromatic N) is 4. The first kappa shape index (κ1) is 22.0. The van der Waals surface area contributed by atoms with Gasteiger partial charge in [0.05, 0.1) is 11.9 Å². The average molecular weight is 440 g/mol. The van der Waals surface area contributed by atoms with Crippen LogP contribution in [0.1, 0.15) is 21.6 Å². The van der Waals surface area contributed by atoms with Crippen LogP contribution in [-0.4, -0.2) is 39.9 Å². The van der Waals surface area contributed by atoms with E-state index in [0.717, 1.165) is 22.5 Å². The summed E-state index contributed by atoms with van der Waals surface area (Å²) in [7, 11) is 1.70. The Balaban J connectivity index is 1.55. The third-order valence-electron chi connectivity index (χ3n) is 5.38. The molecule has 4 rings (SSSR count). The number of aromatic nitrogens is 3. The highest BCUT2D eigenvalue weighted by atomic mass is 16.2. The molecule has 0 radical (unpaired) electrons. The van der Waals surface area contributed by atoms with Crippen molar-refractivity contribution in [1.29, 1.82) is 0 Å². The van der Waals surface area contributed by atoms with E-state index in [-0.39, 0.29) is 11.6 Å². The number of aryl methyl sites for hydroxylation is 1. The number of likely N-dealkylation sites (N-methyl/N-ethyl adjacent to an activating group) is 1. The van der Waals surface area contributed by atoms with Crippen molar-refractivity contribution >= 4 is 17.5 Å². The first-order valence-electron chi connectivity index (χ1n) is 10.7. The number of carbonyl (C=O) groups is 2. The van der Waals surface area contributed by atoms with Gasteiger partial charge in [0, 0.05) is 19.2 Å². The number of carbonyl (C=O) groups excluding carboxylic acids is 2. The van der Waals surface area contributed by atoms with E-state index >= 15 is 0 Å². The van der Waals surface area contributed by atoms with Crippen LogP contribution in [0.5, 0.6) is 0 Å². The van der Waals surface area contributed by atoms with Gasteiger partial charge in [-0.15, -0.1) is 5.10 Å². The van der Waals surface area contributed by atoms with Gasteiger partial charge in [-0.2, -0.15) is 0 Å². The Morgan fingerprint density at radius 2 is 1.58 bits per heavy atom. The Hall–Kier alpha value is -4.26. The van der Waals surface area contributed by atoms with E-state index in [4.69, 9.17) is 0 Å². The summed E-state index contributed by atoms with van der Waals surface area (Å²) in [5.41, 5.74) is 3.76. The second-order valence-corrected chi connectivity index (χ2v) is 7.83. The highest BCUT2D eigenvalue weighted by Crippen LogP contribution is 2.15. The van der Waals surface area contributed by atoms with Crippen LogP contribution in [0.2, 0.25) is 0 Å². The molecule has 0 aliphatic heterocycles. The van der Waals surface area contributed by atoms with Crippen LogP contribution in [0.3, 0.4) is 0 Å². The van der Waals surface area contributed by atoms with Gasteiger partial charge in [-0.05, 0) is 36.8 Å². The minimum absolute atomic E-state index is 0.142. The van der Waals surface area contributed by atoms with Crippen LogP contribution in [-0.2, 0) is 11.2 Å². The molecule has 1 N–H and O–H groups in total. The van der Waals surface area contributed by atoms with E-state index in [9.17, 15) is 9.59 Å². The maximum atomic E-state index is 13.3. The number of nitrogens with one attached hydrogen (secondary N) is 1. The summed E-state index contributed by atoms with van der Waals surface area (Å²) in [6.07, 6.45) is 1.92. The molecule has 1 atom stereocenters. The molecule has 33 heavy (non-hydrogen) atoms. The number of hydrogen-bond donors (Lipinski definition) is 1. The van der Waals surface area contributed by atoms with Gasteiger partial charge in [-0.3, -0.25) is 9.59 Å². The maximum absolute atomic E-state index is 13.3. The molecule has 4 aromatic rings. The summed E-state index contributed by atoms with van der Waals surface area (Å²) in [4.78, 5) is 27.9. The lowest BCUT2D eigenvalue weighted by atomic mass is 10.0. The number of amides is 2. The van der Waals surface area contributed by atoms with Gasteiger partial charge in [0.15, 0.2) is 5.69 Å². The molecule has 7 nitrogen and oxygen atoms in total. The smallest absolute Gasteiger partial charge is 0.274 e. The van der Waals surface area contributed by atoms with E-state index in [2.05, 4.69) is 15.6 Å². The van der Waals surface area contributed by atoms with Crippen molar-refractivity contribution in [3.8, 4) is 5.69 Å². The molecule has 0 spiro atoms. The number of anilines is 1. The van der Waals surface area contributed by atoms with Crippen molar-refractivity contribution in [2.45, 2.75) is 19.4 Å². The average Bonchev–Trinajstić information content (AvgIpc) is 3.35. The number of rotatable bonds is 7. The van der Waals surface area contributed by atoms with Gasteiger partial charge in [0.2, 0.25) is 5.91 Å². The topological polar surface area (TPSA) is 80.1 Å².